The monoisotopic (exact) mass is 451 g/mol. The van der Waals surface area contributed by atoms with Gasteiger partial charge >= 0.3 is 0 Å². The van der Waals surface area contributed by atoms with Gasteiger partial charge in [0.05, 0.1) is 17.6 Å². The van der Waals surface area contributed by atoms with Gasteiger partial charge in [-0.25, -0.2) is 4.98 Å². The Labute approximate surface area is 200 Å². The fraction of sp³-hybridized carbons (Fsp3) is 0.241. The Balaban J connectivity index is 1.40. The number of aryl methyl sites for hydroxylation is 1. The highest BCUT2D eigenvalue weighted by Crippen LogP contribution is 2.33. The number of benzene rings is 3. The van der Waals surface area contributed by atoms with Crippen LogP contribution in [0.2, 0.25) is 0 Å². The van der Waals surface area contributed by atoms with E-state index in [2.05, 4.69) is 29.3 Å². The lowest BCUT2D eigenvalue weighted by Crippen LogP contribution is -2.24. The Morgan fingerprint density at radius 2 is 1.91 bits per heavy atom. The fourth-order valence-corrected chi connectivity index (χ4v) is 4.78. The van der Waals surface area contributed by atoms with Gasteiger partial charge in [-0.15, -0.1) is 6.58 Å². The number of hydrogen-bond donors (Lipinski definition) is 0. The molecule has 1 fully saturated rings. The first-order chi connectivity index (χ1) is 16.6. The third kappa shape index (κ3) is 4.34. The summed E-state index contributed by atoms with van der Waals surface area (Å²) in [6.07, 6.45) is 3.12. The van der Waals surface area contributed by atoms with E-state index in [1.54, 1.807) is 0 Å². The minimum Gasteiger partial charge on any atom is -0.491 e. The van der Waals surface area contributed by atoms with Crippen molar-refractivity contribution in [3.05, 3.63) is 102 Å². The van der Waals surface area contributed by atoms with E-state index < -0.39 is 0 Å². The van der Waals surface area contributed by atoms with Crippen molar-refractivity contribution in [2.75, 3.05) is 18.1 Å². The maximum Gasteiger partial charge on any atom is 0.227 e. The van der Waals surface area contributed by atoms with Gasteiger partial charge in [0.2, 0.25) is 5.91 Å². The molecule has 0 saturated carbocycles. The molecular formula is C29H29N3O2. The van der Waals surface area contributed by atoms with Crippen LogP contribution in [0.25, 0.3) is 11.0 Å². The maximum absolute atomic E-state index is 13.0. The Kier molecular flexibility index (Phi) is 6.17. The van der Waals surface area contributed by atoms with Crippen LogP contribution < -0.4 is 9.64 Å². The van der Waals surface area contributed by atoms with Crippen LogP contribution in [0.4, 0.5) is 5.69 Å². The average Bonchev–Trinajstić information content (AvgIpc) is 3.41. The van der Waals surface area contributed by atoms with Crippen LogP contribution in [0, 0.1) is 6.92 Å². The fourth-order valence-electron chi connectivity index (χ4n) is 4.78. The van der Waals surface area contributed by atoms with E-state index in [0.29, 0.717) is 26.1 Å². The SMILES string of the molecule is C=CCc1ccccc1OCCn1c(C2CC(=O)N(c3cccc(C)c3)C2)nc2ccccc21. The molecule has 1 amide bonds. The number of aromatic nitrogens is 2. The van der Waals surface area contributed by atoms with Gasteiger partial charge in [0.1, 0.15) is 18.2 Å². The zero-order valence-corrected chi connectivity index (χ0v) is 19.5. The minimum absolute atomic E-state index is 0.0356. The van der Waals surface area contributed by atoms with Gasteiger partial charge in [-0.2, -0.15) is 0 Å². The molecule has 1 unspecified atom stereocenters. The van der Waals surface area contributed by atoms with E-state index in [0.717, 1.165) is 45.8 Å². The molecule has 5 rings (SSSR count). The molecule has 1 aliphatic heterocycles. The normalized spacial score (nSPS) is 15.7. The molecule has 172 valence electrons. The Bertz CT molecular complexity index is 1340. The van der Waals surface area contributed by atoms with Gasteiger partial charge < -0.3 is 14.2 Å². The molecular weight excluding hydrogens is 422 g/mol. The van der Waals surface area contributed by atoms with Crippen molar-refractivity contribution in [1.82, 2.24) is 9.55 Å². The first-order valence-corrected chi connectivity index (χ1v) is 11.8. The van der Waals surface area contributed by atoms with E-state index in [9.17, 15) is 4.79 Å². The second-order valence-electron chi connectivity index (χ2n) is 8.80. The lowest BCUT2D eigenvalue weighted by atomic mass is 10.1. The average molecular weight is 452 g/mol. The standard InChI is InChI=1S/C29H29N3O2/c1-3-9-22-11-4-7-15-27(22)34-17-16-31-26-14-6-5-13-25(26)30-29(31)23-19-28(33)32(20-23)24-12-8-10-21(2)18-24/h3-8,10-15,18,23H,1,9,16-17,19-20H2,2H3. The summed E-state index contributed by atoms with van der Waals surface area (Å²) in [5.41, 5.74) is 5.25. The minimum atomic E-state index is 0.0356. The Morgan fingerprint density at radius 1 is 1.09 bits per heavy atom. The number of amides is 1. The van der Waals surface area contributed by atoms with Crippen LogP contribution >= 0.6 is 0 Å². The van der Waals surface area contributed by atoms with Gasteiger partial charge in [-0.1, -0.05) is 48.5 Å². The van der Waals surface area contributed by atoms with Crippen LogP contribution in [0.15, 0.2) is 85.5 Å². The summed E-state index contributed by atoms with van der Waals surface area (Å²) in [6.45, 7) is 7.71. The van der Waals surface area contributed by atoms with E-state index >= 15 is 0 Å². The molecule has 1 aromatic heterocycles. The van der Waals surface area contributed by atoms with Crippen molar-refractivity contribution in [3.8, 4) is 5.75 Å². The molecule has 3 aromatic carbocycles. The number of fused-ring (bicyclic) bond motifs is 1. The number of carbonyl (C=O) groups is 1. The number of imidazole rings is 1. The molecule has 0 aliphatic carbocycles. The second kappa shape index (κ2) is 9.56. The number of para-hydroxylation sites is 3. The topological polar surface area (TPSA) is 47.4 Å². The molecule has 0 spiro atoms. The summed E-state index contributed by atoms with van der Waals surface area (Å²) in [4.78, 5) is 19.8. The van der Waals surface area contributed by atoms with Crippen LogP contribution in [0.1, 0.15) is 29.3 Å². The van der Waals surface area contributed by atoms with Crippen molar-refractivity contribution in [3.63, 3.8) is 0 Å². The molecule has 34 heavy (non-hydrogen) atoms. The molecule has 5 nitrogen and oxygen atoms in total. The van der Waals surface area contributed by atoms with Crippen LogP contribution in [-0.2, 0) is 17.8 Å². The summed E-state index contributed by atoms with van der Waals surface area (Å²) in [7, 11) is 0. The quantitative estimate of drug-likeness (QED) is 0.324. The molecule has 1 aliphatic rings. The molecule has 0 radical (unpaired) electrons. The van der Waals surface area contributed by atoms with Gasteiger partial charge in [0.25, 0.3) is 0 Å². The lowest BCUT2D eigenvalue weighted by molar-refractivity contribution is -0.117. The van der Waals surface area contributed by atoms with Gasteiger partial charge in [-0.05, 0) is 54.8 Å². The number of rotatable bonds is 8. The van der Waals surface area contributed by atoms with Crippen molar-refractivity contribution < 1.29 is 9.53 Å². The third-order valence-electron chi connectivity index (χ3n) is 6.40. The zero-order chi connectivity index (χ0) is 23.5. The summed E-state index contributed by atoms with van der Waals surface area (Å²) in [6, 6.07) is 24.4. The predicted octanol–water partition coefficient (Wildman–Crippen LogP) is 5.67. The number of ether oxygens (including phenoxy) is 1. The highest BCUT2D eigenvalue weighted by Gasteiger charge is 2.34. The first kappa shape index (κ1) is 22.0. The number of allylic oxidation sites excluding steroid dienone is 1. The molecule has 4 aromatic rings. The summed E-state index contributed by atoms with van der Waals surface area (Å²) in [5, 5.41) is 0. The highest BCUT2D eigenvalue weighted by molar-refractivity contribution is 5.96. The smallest absolute Gasteiger partial charge is 0.227 e. The summed E-state index contributed by atoms with van der Waals surface area (Å²) in [5.74, 6) is 2.01. The maximum atomic E-state index is 13.0. The van der Waals surface area contributed by atoms with Gasteiger partial charge in [0, 0.05) is 24.6 Å². The van der Waals surface area contributed by atoms with Crippen molar-refractivity contribution in [2.45, 2.75) is 32.2 Å². The molecule has 1 saturated heterocycles. The van der Waals surface area contributed by atoms with Crippen molar-refractivity contribution >= 4 is 22.6 Å². The number of nitrogens with zero attached hydrogens (tertiary/aromatic N) is 3. The number of anilines is 1. The highest BCUT2D eigenvalue weighted by atomic mass is 16.5. The van der Waals surface area contributed by atoms with E-state index in [4.69, 9.17) is 9.72 Å². The summed E-state index contributed by atoms with van der Waals surface area (Å²) < 4.78 is 8.41. The molecule has 2 heterocycles. The van der Waals surface area contributed by atoms with Gasteiger partial charge in [0.15, 0.2) is 0 Å². The largest absolute Gasteiger partial charge is 0.491 e. The zero-order valence-electron chi connectivity index (χ0n) is 19.5. The number of carbonyl (C=O) groups excluding carboxylic acids is 1. The molecule has 1 atom stereocenters. The second-order valence-corrected chi connectivity index (χ2v) is 8.80. The third-order valence-corrected chi connectivity index (χ3v) is 6.40. The van der Waals surface area contributed by atoms with Crippen LogP contribution in [0.3, 0.4) is 0 Å². The molecule has 0 N–H and O–H groups in total. The summed E-state index contributed by atoms with van der Waals surface area (Å²) >= 11 is 0. The lowest BCUT2D eigenvalue weighted by Gasteiger charge is -2.18. The number of hydrogen-bond acceptors (Lipinski definition) is 3. The van der Waals surface area contributed by atoms with Gasteiger partial charge in [-0.3, -0.25) is 4.79 Å². The Morgan fingerprint density at radius 3 is 2.76 bits per heavy atom. The Hall–Kier alpha value is -3.86. The van der Waals surface area contributed by atoms with Crippen LogP contribution in [0.5, 0.6) is 5.75 Å². The van der Waals surface area contributed by atoms with Crippen molar-refractivity contribution in [1.29, 1.82) is 0 Å². The predicted molar refractivity (Wildman–Crippen MR) is 136 cm³/mol. The molecule has 5 heteroatoms. The van der Waals surface area contributed by atoms with E-state index in [1.807, 2.05) is 72.5 Å². The van der Waals surface area contributed by atoms with E-state index in [1.165, 1.54) is 0 Å². The van der Waals surface area contributed by atoms with E-state index in [-0.39, 0.29) is 11.8 Å². The van der Waals surface area contributed by atoms with Crippen LogP contribution in [-0.4, -0.2) is 28.6 Å². The van der Waals surface area contributed by atoms with Crippen molar-refractivity contribution in [2.24, 2.45) is 0 Å². The first-order valence-electron chi connectivity index (χ1n) is 11.8. The molecule has 0 bridgehead atoms.